The minimum Gasteiger partial charge on any atom is -0.339 e. The van der Waals surface area contributed by atoms with Gasteiger partial charge in [-0.15, -0.1) is 0 Å². The van der Waals surface area contributed by atoms with Crippen LogP contribution < -0.4 is 10.6 Å². The summed E-state index contributed by atoms with van der Waals surface area (Å²) in [6.45, 7) is 4.20. The van der Waals surface area contributed by atoms with Crippen LogP contribution in [0.2, 0.25) is 0 Å². The summed E-state index contributed by atoms with van der Waals surface area (Å²) in [5.74, 6) is 0.710. The van der Waals surface area contributed by atoms with E-state index < -0.39 is 0 Å². The highest BCUT2D eigenvalue weighted by Gasteiger charge is 2.21. The molecule has 2 N–H and O–H groups in total. The molecule has 0 atom stereocenters. The van der Waals surface area contributed by atoms with E-state index in [0.29, 0.717) is 29.8 Å². The SMILES string of the molecule is CC1CCN(C(=O)c2cccc(NC(=O)CNC3CCCCC3)c2)CC1. The van der Waals surface area contributed by atoms with Gasteiger partial charge in [0.25, 0.3) is 5.91 Å². The molecule has 2 amide bonds. The molecule has 5 nitrogen and oxygen atoms in total. The van der Waals surface area contributed by atoms with Gasteiger partial charge in [0, 0.05) is 30.4 Å². The highest BCUT2D eigenvalue weighted by molar-refractivity contribution is 5.97. The van der Waals surface area contributed by atoms with Crippen molar-refractivity contribution in [2.45, 2.75) is 57.9 Å². The van der Waals surface area contributed by atoms with Crippen molar-refractivity contribution in [2.75, 3.05) is 25.0 Å². The normalized spacial score (nSPS) is 19.3. The van der Waals surface area contributed by atoms with Crippen LogP contribution in [0.4, 0.5) is 5.69 Å². The maximum absolute atomic E-state index is 12.7. The standard InChI is InChI=1S/C21H31N3O2/c1-16-10-12-24(13-11-16)21(26)17-6-5-9-19(14-17)23-20(25)15-22-18-7-3-2-4-8-18/h5-6,9,14,16,18,22H,2-4,7-8,10-13,15H2,1H3,(H,23,25). The van der Waals surface area contributed by atoms with Crippen LogP contribution in [-0.4, -0.2) is 42.4 Å². The number of piperidine rings is 1. The molecule has 3 rings (SSSR count). The fourth-order valence-corrected chi connectivity index (χ4v) is 3.87. The molecule has 1 aromatic carbocycles. The van der Waals surface area contributed by atoms with Crippen LogP contribution in [-0.2, 0) is 4.79 Å². The summed E-state index contributed by atoms with van der Waals surface area (Å²) in [7, 11) is 0. The molecule has 0 aromatic heterocycles. The van der Waals surface area contributed by atoms with Crippen molar-refractivity contribution in [2.24, 2.45) is 5.92 Å². The maximum Gasteiger partial charge on any atom is 0.253 e. The molecule has 1 aliphatic carbocycles. The van der Waals surface area contributed by atoms with Gasteiger partial charge in [0.1, 0.15) is 0 Å². The highest BCUT2D eigenvalue weighted by atomic mass is 16.2. The zero-order chi connectivity index (χ0) is 18.4. The topological polar surface area (TPSA) is 61.4 Å². The highest BCUT2D eigenvalue weighted by Crippen LogP contribution is 2.20. The Morgan fingerprint density at radius 2 is 1.81 bits per heavy atom. The quantitative estimate of drug-likeness (QED) is 0.849. The van der Waals surface area contributed by atoms with E-state index in [1.165, 1.54) is 19.3 Å². The number of amides is 2. The molecule has 0 bridgehead atoms. The molecule has 1 aliphatic heterocycles. The third kappa shape index (κ3) is 5.31. The summed E-state index contributed by atoms with van der Waals surface area (Å²) in [5.41, 5.74) is 1.34. The first-order chi connectivity index (χ1) is 12.6. The minimum atomic E-state index is -0.0491. The summed E-state index contributed by atoms with van der Waals surface area (Å²) in [6, 6.07) is 7.76. The van der Waals surface area contributed by atoms with Gasteiger partial charge in [0.05, 0.1) is 6.54 Å². The van der Waals surface area contributed by atoms with Crippen LogP contribution in [0.25, 0.3) is 0 Å². The molecule has 2 aliphatic rings. The van der Waals surface area contributed by atoms with Crippen molar-refractivity contribution in [3.8, 4) is 0 Å². The average molecular weight is 357 g/mol. The zero-order valence-corrected chi connectivity index (χ0v) is 15.8. The van der Waals surface area contributed by atoms with E-state index in [-0.39, 0.29) is 11.8 Å². The predicted octanol–water partition coefficient (Wildman–Crippen LogP) is 3.42. The second-order valence-electron chi connectivity index (χ2n) is 7.82. The lowest BCUT2D eigenvalue weighted by Crippen LogP contribution is -2.38. The minimum absolute atomic E-state index is 0.0491. The Balaban J connectivity index is 1.51. The molecule has 1 heterocycles. The van der Waals surface area contributed by atoms with Crippen molar-refractivity contribution >= 4 is 17.5 Å². The van der Waals surface area contributed by atoms with Crippen LogP contribution in [0.5, 0.6) is 0 Å². The van der Waals surface area contributed by atoms with Crippen LogP contribution in [0, 0.1) is 5.92 Å². The van der Waals surface area contributed by atoms with E-state index in [0.717, 1.165) is 38.8 Å². The molecule has 1 saturated carbocycles. The largest absolute Gasteiger partial charge is 0.339 e. The van der Waals surface area contributed by atoms with Crippen molar-refractivity contribution in [1.29, 1.82) is 0 Å². The molecule has 5 heteroatoms. The summed E-state index contributed by atoms with van der Waals surface area (Å²) in [5, 5.41) is 6.26. The zero-order valence-electron chi connectivity index (χ0n) is 15.8. The van der Waals surface area contributed by atoms with Gasteiger partial charge in [0.2, 0.25) is 5.91 Å². The molecule has 26 heavy (non-hydrogen) atoms. The Kier molecular flexibility index (Phi) is 6.67. The first kappa shape index (κ1) is 18.9. The first-order valence-electron chi connectivity index (χ1n) is 10.0. The number of hydrogen-bond acceptors (Lipinski definition) is 3. The number of nitrogens with zero attached hydrogens (tertiary/aromatic N) is 1. The second-order valence-corrected chi connectivity index (χ2v) is 7.82. The monoisotopic (exact) mass is 357 g/mol. The molecule has 0 spiro atoms. The van der Waals surface area contributed by atoms with Crippen molar-refractivity contribution in [3.05, 3.63) is 29.8 Å². The lowest BCUT2D eigenvalue weighted by atomic mass is 9.95. The van der Waals surface area contributed by atoms with Gasteiger partial charge >= 0.3 is 0 Å². The van der Waals surface area contributed by atoms with E-state index in [4.69, 9.17) is 0 Å². The predicted molar refractivity (Wildman–Crippen MR) is 104 cm³/mol. The van der Waals surface area contributed by atoms with E-state index in [1.807, 2.05) is 23.1 Å². The number of nitrogens with one attached hydrogen (secondary N) is 2. The molecule has 0 unspecified atom stereocenters. The van der Waals surface area contributed by atoms with Crippen LogP contribution in [0.15, 0.2) is 24.3 Å². The Morgan fingerprint density at radius 1 is 1.08 bits per heavy atom. The molecule has 1 aromatic rings. The molecule has 2 fully saturated rings. The fourth-order valence-electron chi connectivity index (χ4n) is 3.87. The average Bonchev–Trinajstić information content (AvgIpc) is 2.67. The van der Waals surface area contributed by atoms with Crippen LogP contribution in [0.1, 0.15) is 62.2 Å². The smallest absolute Gasteiger partial charge is 0.253 e. The number of carbonyl (C=O) groups is 2. The number of anilines is 1. The van der Waals surface area contributed by atoms with Crippen molar-refractivity contribution in [3.63, 3.8) is 0 Å². The fraction of sp³-hybridized carbons (Fsp3) is 0.619. The Labute approximate surface area is 156 Å². The molecule has 142 valence electrons. The van der Waals surface area contributed by atoms with E-state index >= 15 is 0 Å². The Hall–Kier alpha value is -1.88. The molecular formula is C21H31N3O2. The van der Waals surface area contributed by atoms with Gasteiger partial charge in [-0.25, -0.2) is 0 Å². The van der Waals surface area contributed by atoms with E-state index in [1.54, 1.807) is 6.07 Å². The lowest BCUT2D eigenvalue weighted by molar-refractivity contribution is -0.115. The van der Waals surface area contributed by atoms with E-state index in [9.17, 15) is 9.59 Å². The summed E-state index contributed by atoms with van der Waals surface area (Å²) < 4.78 is 0. The van der Waals surface area contributed by atoms with Crippen molar-refractivity contribution in [1.82, 2.24) is 10.2 Å². The molecule has 1 saturated heterocycles. The number of rotatable bonds is 5. The third-order valence-electron chi connectivity index (χ3n) is 5.62. The number of hydrogen-bond donors (Lipinski definition) is 2. The van der Waals surface area contributed by atoms with Crippen molar-refractivity contribution < 1.29 is 9.59 Å². The summed E-state index contributed by atoms with van der Waals surface area (Å²) in [4.78, 5) is 26.8. The molecular weight excluding hydrogens is 326 g/mol. The number of likely N-dealkylation sites (tertiary alicyclic amines) is 1. The lowest BCUT2D eigenvalue weighted by Gasteiger charge is -2.30. The maximum atomic E-state index is 12.7. The molecule has 0 radical (unpaired) electrons. The van der Waals surface area contributed by atoms with Gasteiger partial charge in [-0.2, -0.15) is 0 Å². The van der Waals surface area contributed by atoms with Crippen LogP contribution in [0.3, 0.4) is 0 Å². The second kappa shape index (κ2) is 9.17. The van der Waals surface area contributed by atoms with Gasteiger partial charge in [-0.1, -0.05) is 32.3 Å². The van der Waals surface area contributed by atoms with Gasteiger partial charge in [-0.05, 0) is 49.8 Å². The van der Waals surface area contributed by atoms with E-state index in [2.05, 4.69) is 17.6 Å². The number of benzene rings is 1. The first-order valence-corrected chi connectivity index (χ1v) is 10.0. The number of carbonyl (C=O) groups excluding carboxylic acids is 2. The Bertz CT molecular complexity index is 617. The summed E-state index contributed by atoms with van der Waals surface area (Å²) >= 11 is 0. The third-order valence-corrected chi connectivity index (χ3v) is 5.62. The Morgan fingerprint density at radius 3 is 2.54 bits per heavy atom. The van der Waals surface area contributed by atoms with Gasteiger partial charge < -0.3 is 15.5 Å². The summed E-state index contributed by atoms with van der Waals surface area (Å²) in [6.07, 6.45) is 8.25. The van der Waals surface area contributed by atoms with Gasteiger partial charge in [0.15, 0.2) is 0 Å². The van der Waals surface area contributed by atoms with Crippen LogP contribution >= 0.6 is 0 Å². The van der Waals surface area contributed by atoms with Gasteiger partial charge in [-0.3, -0.25) is 9.59 Å².